The van der Waals surface area contributed by atoms with E-state index in [4.69, 9.17) is 0 Å². The topological polar surface area (TPSA) is 69.6 Å². The SMILES string of the molecule is Cc1cccc(O)c1NC(=O)C[C@H](O)c1cccc(F)c1. The minimum absolute atomic E-state index is 0.0383. The van der Waals surface area contributed by atoms with Crippen LogP contribution in [-0.2, 0) is 4.79 Å². The average Bonchev–Trinajstić information content (AvgIpc) is 2.43. The van der Waals surface area contributed by atoms with Gasteiger partial charge >= 0.3 is 0 Å². The predicted molar refractivity (Wildman–Crippen MR) is 77.5 cm³/mol. The maximum absolute atomic E-state index is 13.1. The third-order valence-electron chi connectivity index (χ3n) is 3.13. The predicted octanol–water partition coefficient (Wildman–Crippen LogP) is 2.90. The van der Waals surface area contributed by atoms with Crippen molar-refractivity contribution in [2.24, 2.45) is 0 Å². The van der Waals surface area contributed by atoms with Gasteiger partial charge in [-0.1, -0.05) is 24.3 Å². The third kappa shape index (κ3) is 3.79. The van der Waals surface area contributed by atoms with Gasteiger partial charge in [-0.15, -0.1) is 0 Å². The quantitative estimate of drug-likeness (QED) is 0.758. The van der Waals surface area contributed by atoms with Gasteiger partial charge in [-0.3, -0.25) is 4.79 Å². The average molecular weight is 289 g/mol. The summed E-state index contributed by atoms with van der Waals surface area (Å²) in [5.74, 6) is -0.969. The number of hydrogen-bond acceptors (Lipinski definition) is 3. The van der Waals surface area contributed by atoms with Gasteiger partial charge in [0.25, 0.3) is 0 Å². The highest BCUT2D eigenvalue weighted by atomic mass is 19.1. The van der Waals surface area contributed by atoms with Crippen molar-refractivity contribution in [3.63, 3.8) is 0 Å². The number of aliphatic hydroxyl groups excluding tert-OH is 1. The van der Waals surface area contributed by atoms with Gasteiger partial charge in [0.1, 0.15) is 11.6 Å². The van der Waals surface area contributed by atoms with E-state index in [9.17, 15) is 19.4 Å². The summed E-state index contributed by atoms with van der Waals surface area (Å²) in [5.41, 5.74) is 1.36. The number of nitrogens with one attached hydrogen (secondary N) is 1. The molecule has 0 bridgehead atoms. The van der Waals surface area contributed by atoms with Crippen molar-refractivity contribution >= 4 is 11.6 Å². The van der Waals surface area contributed by atoms with Crippen LogP contribution in [0.2, 0.25) is 0 Å². The number of para-hydroxylation sites is 1. The molecule has 2 aromatic rings. The molecule has 0 radical (unpaired) electrons. The Morgan fingerprint density at radius 1 is 1.29 bits per heavy atom. The number of phenolic OH excluding ortho intramolecular Hbond substituents is 1. The lowest BCUT2D eigenvalue weighted by Gasteiger charge is -2.13. The van der Waals surface area contributed by atoms with Crippen LogP contribution in [0.5, 0.6) is 5.75 Å². The molecule has 0 unspecified atom stereocenters. The molecule has 4 nitrogen and oxygen atoms in total. The molecule has 0 aliphatic rings. The van der Waals surface area contributed by atoms with Crippen LogP contribution in [0.1, 0.15) is 23.7 Å². The van der Waals surface area contributed by atoms with Crippen molar-refractivity contribution in [3.05, 3.63) is 59.4 Å². The lowest BCUT2D eigenvalue weighted by atomic mass is 10.1. The van der Waals surface area contributed by atoms with Crippen molar-refractivity contribution in [2.75, 3.05) is 5.32 Å². The number of benzene rings is 2. The molecular formula is C16H16FNO3. The standard InChI is InChI=1S/C16H16FNO3/c1-10-4-2-7-13(19)16(10)18-15(21)9-14(20)11-5-3-6-12(17)8-11/h2-8,14,19-20H,9H2,1H3,(H,18,21)/t14-/m0/s1. The largest absolute Gasteiger partial charge is 0.506 e. The minimum atomic E-state index is -1.10. The van der Waals surface area contributed by atoms with Crippen LogP contribution in [0, 0.1) is 12.7 Å². The molecule has 0 aliphatic heterocycles. The lowest BCUT2D eigenvalue weighted by Crippen LogP contribution is -2.16. The Hall–Kier alpha value is -2.40. The first-order chi connectivity index (χ1) is 9.97. The van der Waals surface area contributed by atoms with E-state index >= 15 is 0 Å². The van der Waals surface area contributed by atoms with Gasteiger partial charge in [0.2, 0.25) is 5.91 Å². The summed E-state index contributed by atoms with van der Waals surface area (Å²) in [7, 11) is 0. The Kier molecular flexibility index (Phi) is 4.55. The minimum Gasteiger partial charge on any atom is -0.506 e. The number of carbonyl (C=O) groups is 1. The van der Waals surface area contributed by atoms with Crippen molar-refractivity contribution in [3.8, 4) is 5.75 Å². The molecule has 0 spiro atoms. The molecule has 5 heteroatoms. The van der Waals surface area contributed by atoms with Crippen molar-refractivity contribution in [1.29, 1.82) is 0 Å². The van der Waals surface area contributed by atoms with Crippen LogP contribution in [0.15, 0.2) is 42.5 Å². The summed E-state index contributed by atoms with van der Waals surface area (Å²) in [6.07, 6.45) is -1.33. The van der Waals surface area contributed by atoms with Gasteiger partial charge in [-0.2, -0.15) is 0 Å². The molecule has 110 valence electrons. The van der Waals surface area contributed by atoms with Crippen LogP contribution in [-0.4, -0.2) is 16.1 Å². The number of hydrogen-bond donors (Lipinski definition) is 3. The van der Waals surface area contributed by atoms with E-state index in [0.717, 1.165) is 0 Å². The number of carbonyl (C=O) groups excluding carboxylic acids is 1. The molecule has 1 amide bonds. The number of amides is 1. The van der Waals surface area contributed by atoms with E-state index in [1.54, 1.807) is 25.1 Å². The first kappa shape index (κ1) is 15.0. The van der Waals surface area contributed by atoms with Gasteiger partial charge in [-0.25, -0.2) is 4.39 Å². The van der Waals surface area contributed by atoms with Gasteiger partial charge in [-0.05, 0) is 36.2 Å². The molecule has 0 fully saturated rings. The molecule has 0 aromatic heterocycles. The van der Waals surface area contributed by atoms with E-state index < -0.39 is 17.8 Å². The maximum atomic E-state index is 13.1. The number of aliphatic hydroxyl groups is 1. The highest BCUT2D eigenvalue weighted by Gasteiger charge is 2.15. The fourth-order valence-corrected chi connectivity index (χ4v) is 2.01. The highest BCUT2D eigenvalue weighted by Crippen LogP contribution is 2.27. The summed E-state index contributed by atoms with van der Waals surface area (Å²) in [6, 6.07) is 10.3. The molecule has 21 heavy (non-hydrogen) atoms. The van der Waals surface area contributed by atoms with Crippen molar-refractivity contribution in [1.82, 2.24) is 0 Å². The number of aromatic hydroxyl groups is 1. The second-order valence-corrected chi connectivity index (χ2v) is 4.79. The smallest absolute Gasteiger partial charge is 0.227 e. The van der Waals surface area contributed by atoms with Gasteiger partial charge in [0, 0.05) is 0 Å². The summed E-state index contributed by atoms with van der Waals surface area (Å²) >= 11 is 0. The molecule has 0 saturated heterocycles. The molecule has 0 aliphatic carbocycles. The Balaban J connectivity index is 2.05. The van der Waals surface area contributed by atoms with Crippen LogP contribution in [0.3, 0.4) is 0 Å². The summed E-state index contributed by atoms with van der Waals surface area (Å²) in [4.78, 5) is 11.9. The van der Waals surface area contributed by atoms with Crippen LogP contribution in [0.4, 0.5) is 10.1 Å². The zero-order valence-corrected chi connectivity index (χ0v) is 11.5. The van der Waals surface area contributed by atoms with Crippen molar-refractivity contribution in [2.45, 2.75) is 19.4 Å². The maximum Gasteiger partial charge on any atom is 0.227 e. The zero-order chi connectivity index (χ0) is 15.4. The number of halogens is 1. The summed E-state index contributed by atoms with van der Waals surface area (Å²) in [5, 5.41) is 22.2. The zero-order valence-electron chi connectivity index (χ0n) is 11.5. The van der Waals surface area contributed by atoms with Gasteiger partial charge in [0.05, 0.1) is 18.2 Å². The number of phenols is 1. The first-order valence-corrected chi connectivity index (χ1v) is 6.49. The Morgan fingerprint density at radius 2 is 2.00 bits per heavy atom. The first-order valence-electron chi connectivity index (χ1n) is 6.49. The van der Waals surface area contributed by atoms with Crippen LogP contribution >= 0.6 is 0 Å². The highest BCUT2D eigenvalue weighted by molar-refractivity contribution is 5.93. The van der Waals surface area contributed by atoms with Gasteiger partial charge in [0.15, 0.2) is 0 Å². The fourth-order valence-electron chi connectivity index (χ4n) is 2.01. The molecular weight excluding hydrogens is 273 g/mol. The Labute approximate surface area is 121 Å². The molecule has 2 aromatic carbocycles. The monoisotopic (exact) mass is 289 g/mol. The van der Waals surface area contributed by atoms with Gasteiger partial charge < -0.3 is 15.5 Å². The van der Waals surface area contributed by atoms with Crippen molar-refractivity contribution < 1.29 is 19.4 Å². The van der Waals surface area contributed by atoms with E-state index in [-0.39, 0.29) is 12.2 Å². The summed E-state index contributed by atoms with van der Waals surface area (Å²) in [6.45, 7) is 1.75. The van der Waals surface area contributed by atoms with Crippen LogP contribution < -0.4 is 5.32 Å². The Bertz CT molecular complexity index is 637. The molecule has 1 atom stereocenters. The second-order valence-electron chi connectivity index (χ2n) is 4.79. The lowest BCUT2D eigenvalue weighted by molar-refractivity contribution is -0.118. The molecule has 0 saturated carbocycles. The Morgan fingerprint density at radius 3 is 2.67 bits per heavy atom. The van der Waals surface area contributed by atoms with E-state index in [2.05, 4.69) is 5.32 Å². The van der Waals surface area contributed by atoms with Crippen LogP contribution in [0.25, 0.3) is 0 Å². The number of aryl methyl sites for hydroxylation is 1. The second kappa shape index (κ2) is 6.37. The van der Waals surface area contributed by atoms with E-state index in [1.165, 1.54) is 24.3 Å². The molecule has 3 N–H and O–H groups in total. The number of anilines is 1. The molecule has 0 heterocycles. The molecule has 2 rings (SSSR count). The number of rotatable bonds is 4. The fraction of sp³-hybridized carbons (Fsp3) is 0.188. The third-order valence-corrected chi connectivity index (χ3v) is 3.13. The van der Waals surface area contributed by atoms with E-state index in [0.29, 0.717) is 16.8 Å². The normalized spacial score (nSPS) is 12.0. The summed E-state index contributed by atoms with van der Waals surface area (Å²) < 4.78 is 13.1. The van der Waals surface area contributed by atoms with E-state index in [1.807, 2.05) is 0 Å².